The standard InChI is InChI=1S/C16H13FINO/c1-9-13-8-11(17)4-7-14(13)20-16(9)15(19)10-2-5-12(18)6-3-10/h2-8,15H,19H2,1H3. The molecule has 3 rings (SSSR count). The topological polar surface area (TPSA) is 39.2 Å². The van der Waals surface area contributed by atoms with E-state index in [0.717, 1.165) is 20.1 Å². The molecule has 0 spiro atoms. The fourth-order valence-corrected chi connectivity index (χ4v) is 2.69. The van der Waals surface area contributed by atoms with Crippen LogP contribution in [0.1, 0.15) is 22.9 Å². The summed E-state index contributed by atoms with van der Waals surface area (Å²) in [5.74, 6) is 0.419. The molecule has 0 aliphatic rings. The fraction of sp³-hybridized carbons (Fsp3) is 0.125. The molecule has 20 heavy (non-hydrogen) atoms. The quantitative estimate of drug-likeness (QED) is 0.663. The Balaban J connectivity index is 2.09. The Morgan fingerprint density at radius 3 is 2.55 bits per heavy atom. The first kappa shape index (κ1) is 13.6. The van der Waals surface area contributed by atoms with Crippen LogP contribution in [0.4, 0.5) is 4.39 Å². The first-order chi connectivity index (χ1) is 9.56. The molecule has 0 aliphatic heterocycles. The molecule has 0 bridgehead atoms. The lowest BCUT2D eigenvalue weighted by Crippen LogP contribution is -2.11. The van der Waals surface area contributed by atoms with Gasteiger partial charge in [0, 0.05) is 14.5 Å². The van der Waals surface area contributed by atoms with Crippen molar-refractivity contribution in [3.05, 3.63) is 68.7 Å². The van der Waals surface area contributed by atoms with E-state index >= 15 is 0 Å². The summed E-state index contributed by atoms with van der Waals surface area (Å²) in [5, 5.41) is 0.779. The summed E-state index contributed by atoms with van der Waals surface area (Å²) in [7, 11) is 0. The van der Waals surface area contributed by atoms with Crippen molar-refractivity contribution < 1.29 is 8.81 Å². The molecule has 2 N–H and O–H groups in total. The molecule has 1 unspecified atom stereocenters. The third-order valence-corrected chi connectivity index (χ3v) is 4.17. The average Bonchev–Trinajstić information content (AvgIpc) is 2.76. The highest BCUT2D eigenvalue weighted by atomic mass is 127. The smallest absolute Gasteiger partial charge is 0.134 e. The van der Waals surface area contributed by atoms with Crippen LogP contribution in [0.3, 0.4) is 0 Å². The maximum atomic E-state index is 13.3. The van der Waals surface area contributed by atoms with Crippen molar-refractivity contribution >= 4 is 33.6 Å². The normalized spacial score (nSPS) is 12.8. The molecule has 1 atom stereocenters. The summed E-state index contributed by atoms with van der Waals surface area (Å²) >= 11 is 2.25. The van der Waals surface area contributed by atoms with Gasteiger partial charge in [0.15, 0.2) is 0 Å². The molecule has 2 nitrogen and oxygen atoms in total. The molecule has 0 saturated heterocycles. The minimum atomic E-state index is -0.345. The van der Waals surface area contributed by atoms with Gasteiger partial charge in [0.2, 0.25) is 0 Å². The second-order valence-electron chi connectivity index (χ2n) is 4.76. The maximum Gasteiger partial charge on any atom is 0.134 e. The van der Waals surface area contributed by atoms with Crippen LogP contribution in [0.15, 0.2) is 46.9 Å². The molecule has 1 heterocycles. The van der Waals surface area contributed by atoms with Crippen molar-refractivity contribution in [1.82, 2.24) is 0 Å². The third kappa shape index (κ3) is 2.33. The van der Waals surface area contributed by atoms with Gasteiger partial charge in [-0.25, -0.2) is 4.39 Å². The Morgan fingerprint density at radius 1 is 1.15 bits per heavy atom. The summed E-state index contributed by atoms with van der Waals surface area (Å²) in [6, 6.07) is 12.2. The molecule has 1 aromatic heterocycles. The molecule has 2 aromatic carbocycles. The number of hydrogen-bond acceptors (Lipinski definition) is 2. The van der Waals surface area contributed by atoms with E-state index in [0.29, 0.717) is 11.3 Å². The zero-order chi connectivity index (χ0) is 14.3. The van der Waals surface area contributed by atoms with Crippen LogP contribution < -0.4 is 5.73 Å². The number of halogens is 2. The fourth-order valence-electron chi connectivity index (χ4n) is 2.33. The molecular formula is C16H13FINO. The molecule has 0 fully saturated rings. The van der Waals surface area contributed by atoms with Crippen molar-refractivity contribution in [1.29, 1.82) is 0 Å². The molecule has 4 heteroatoms. The van der Waals surface area contributed by atoms with Gasteiger partial charge in [0.1, 0.15) is 17.2 Å². The van der Waals surface area contributed by atoms with Gasteiger partial charge in [-0.05, 0) is 65.4 Å². The number of rotatable bonds is 2. The molecule has 0 amide bonds. The highest BCUT2D eigenvalue weighted by Gasteiger charge is 2.18. The van der Waals surface area contributed by atoms with E-state index in [9.17, 15) is 4.39 Å². The number of nitrogens with two attached hydrogens (primary N) is 1. The first-order valence-corrected chi connectivity index (χ1v) is 7.34. The summed E-state index contributed by atoms with van der Waals surface area (Å²) in [6.45, 7) is 1.91. The molecule has 0 radical (unpaired) electrons. The van der Waals surface area contributed by atoms with Gasteiger partial charge in [0.25, 0.3) is 0 Å². The van der Waals surface area contributed by atoms with Gasteiger partial charge >= 0.3 is 0 Å². The van der Waals surface area contributed by atoms with Gasteiger partial charge in [-0.1, -0.05) is 12.1 Å². The molecule has 102 valence electrons. The summed E-state index contributed by atoms with van der Waals surface area (Å²) in [5.41, 5.74) is 8.82. The highest BCUT2D eigenvalue weighted by molar-refractivity contribution is 14.1. The Bertz CT molecular complexity index is 764. The van der Waals surface area contributed by atoms with Gasteiger partial charge in [0.05, 0.1) is 6.04 Å². The zero-order valence-corrected chi connectivity index (χ0v) is 13.0. The van der Waals surface area contributed by atoms with Crippen molar-refractivity contribution in [2.75, 3.05) is 0 Å². The zero-order valence-electron chi connectivity index (χ0n) is 10.9. The van der Waals surface area contributed by atoms with Gasteiger partial charge in [-0.3, -0.25) is 0 Å². The maximum absolute atomic E-state index is 13.3. The number of fused-ring (bicyclic) bond motifs is 1. The number of hydrogen-bond donors (Lipinski definition) is 1. The second-order valence-corrected chi connectivity index (χ2v) is 6.01. The molecule has 0 aliphatic carbocycles. The summed E-state index contributed by atoms with van der Waals surface area (Å²) < 4.78 is 20.3. The SMILES string of the molecule is Cc1c(C(N)c2ccc(I)cc2)oc2ccc(F)cc12. The minimum absolute atomic E-state index is 0.268. The Hall–Kier alpha value is -1.40. The van der Waals surface area contributed by atoms with Gasteiger partial charge < -0.3 is 10.2 Å². The Labute approximate surface area is 129 Å². The van der Waals surface area contributed by atoms with Crippen LogP contribution in [0.5, 0.6) is 0 Å². The molecular weight excluding hydrogens is 368 g/mol. The van der Waals surface area contributed by atoms with E-state index in [1.54, 1.807) is 6.07 Å². The lowest BCUT2D eigenvalue weighted by molar-refractivity contribution is 0.520. The van der Waals surface area contributed by atoms with Crippen LogP contribution in [0.2, 0.25) is 0 Å². The van der Waals surface area contributed by atoms with Crippen molar-refractivity contribution in [2.45, 2.75) is 13.0 Å². The van der Waals surface area contributed by atoms with Crippen LogP contribution in [0.25, 0.3) is 11.0 Å². The van der Waals surface area contributed by atoms with E-state index in [2.05, 4.69) is 22.6 Å². The number of aryl methyl sites for hydroxylation is 1. The lowest BCUT2D eigenvalue weighted by atomic mass is 10.0. The average molecular weight is 381 g/mol. The third-order valence-electron chi connectivity index (χ3n) is 3.45. The van der Waals surface area contributed by atoms with Crippen molar-refractivity contribution in [3.8, 4) is 0 Å². The molecule has 3 aromatic rings. The second kappa shape index (κ2) is 5.18. The van der Waals surface area contributed by atoms with E-state index in [4.69, 9.17) is 10.2 Å². The van der Waals surface area contributed by atoms with Crippen LogP contribution in [-0.4, -0.2) is 0 Å². The highest BCUT2D eigenvalue weighted by Crippen LogP contribution is 2.32. The van der Waals surface area contributed by atoms with E-state index in [1.807, 2.05) is 31.2 Å². The van der Waals surface area contributed by atoms with Crippen molar-refractivity contribution in [3.63, 3.8) is 0 Å². The van der Waals surface area contributed by atoms with Crippen molar-refractivity contribution in [2.24, 2.45) is 5.73 Å². The molecule has 0 saturated carbocycles. The Kier molecular flexibility index (Phi) is 3.52. The minimum Gasteiger partial charge on any atom is -0.459 e. The summed E-state index contributed by atoms with van der Waals surface area (Å²) in [6.07, 6.45) is 0. The number of furan rings is 1. The lowest BCUT2D eigenvalue weighted by Gasteiger charge is -2.10. The van der Waals surface area contributed by atoms with E-state index < -0.39 is 0 Å². The van der Waals surface area contributed by atoms with Crippen LogP contribution in [0, 0.1) is 16.3 Å². The van der Waals surface area contributed by atoms with Gasteiger partial charge in [-0.2, -0.15) is 0 Å². The van der Waals surface area contributed by atoms with Crippen LogP contribution >= 0.6 is 22.6 Å². The predicted molar refractivity (Wildman–Crippen MR) is 86.1 cm³/mol. The van der Waals surface area contributed by atoms with Gasteiger partial charge in [-0.15, -0.1) is 0 Å². The Morgan fingerprint density at radius 2 is 1.85 bits per heavy atom. The van der Waals surface area contributed by atoms with Crippen LogP contribution in [-0.2, 0) is 0 Å². The predicted octanol–water partition coefficient (Wildman–Crippen LogP) is 4.53. The number of benzene rings is 2. The first-order valence-electron chi connectivity index (χ1n) is 6.26. The van der Waals surface area contributed by atoms with E-state index in [1.165, 1.54) is 12.1 Å². The largest absolute Gasteiger partial charge is 0.459 e. The monoisotopic (exact) mass is 381 g/mol. The summed E-state index contributed by atoms with van der Waals surface area (Å²) in [4.78, 5) is 0. The van der Waals surface area contributed by atoms with E-state index in [-0.39, 0.29) is 11.9 Å².